The van der Waals surface area contributed by atoms with E-state index in [0.717, 1.165) is 22.6 Å². The van der Waals surface area contributed by atoms with E-state index >= 15 is 0 Å². The van der Waals surface area contributed by atoms with E-state index < -0.39 is 0 Å². The molecule has 1 aromatic heterocycles. The number of carbonyl (C=O) groups is 2. The van der Waals surface area contributed by atoms with E-state index in [1.807, 2.05) is 55.5 Å². The molecule has 0 radical (unpaired) electrons. The van der Waals surface area contributed by atoms with Crippen molar-refractivity contribution >= 4 is 23.2 Å². The lowest BCUT2D eigenvalue weighted by atomic mass is 9.89. The number of aromatic nitrogens is 3. The molecule has 4 rings (SSSR count). The topological polar surface area (TPSA) is 99.8 Å². The second-order valence-electron chi connectivity index (χ2n) is 6.96. The summed E-state index contributed by atoms with van der Waals surface area (Å²) >= 11 is 0. The summed E-state index contributed by atoms with van der Waals surface area (Å²) in [6.45, 7) is 1.84. The van der Waals surface area contributed by atoms with Gasteiger partial charge in [0.15, 0.2) is 5.82 Å². The molecular formula is C21H21N5O2. The van der Waals surface area contributed by atoms with E-state index in [1.54, 1.807) is 0 Å². The molecule has 0 aliphatic carbocycles. The molecule has 0 saturated heterocycles. The van der Waals surface area contributed by atoms with Gasteiger partial charge < -0.3 is 10.6 Å². The number of amides is 2. The van der Waals surface area contributed by atoms with Crippen LogP contribution in [0.15, 0.2) is 48.5 Å². The van der Waals surface area contributed by atoms with Gasteiger partial charge in [-0.15, -0.1) is 0 Å². The average Bonchev–Trinajstić information content (AvgIpc) is 3.13. The number of aromatic amines is 1. The molecule has 2 aromatic carbocycles. The Balaban J connectivity index is 1.36. The lowest BCUT2D eigenvalue weighted by molar-refractivity contribution is -0.121. The molecule has 3 N–H and O–H groups in total. The van der Waals surface area contributed by atoms with Crippen molar-refractivity contribution in [2.24, 2.45) is 5.92 Å². The monoisotopic (exact) mass is 375 g/mol. The third kappa shape index (κ3) is 3.93. The number of fused-ring (bicyclic) bond motifs is 1. The first-order valence-electron chi connectivity index (χ1n) is 9.26. The standard InChI is InChI=1S/C21H21N5O2/c1-13-22-20(26-25-13)15-6-4-7-17(12-15)23-19(27)10-9-16-11-14-5-2-3-8-18(14)24-21(16)28/h2-8,12,16H,9-11H2,1H3,(H,23,27)(H,24,28)(H,22,25,26). The smallest absolute Gasteiger partial charge is 0.227 e. The molecule has 0 fully saturated rings. The molecule has 0 saturated carbocycles. The van der Waals surface area contributed by atoms with E-state index in [0.29, 0.717) is 24.4 Å². The van der Waals surface area contributed by atoms with E-state index in [1.165, 1.54) is 0 Å². The second kappa shape index (κ2) is 7.64. The molecule has 7 nitrogen and oxygen atoms in total. The second-order valence-corrected chi connectivity index (χ2v) is 6.96. The van der Waals surface area contributed by atoms with Crippen LogP contribution in [0.25, 0.3) is 11.4 Å². The Morgan fingerprint density at radius 3 is 2.89 bits per heavy atom. The Morgan fingerprint density at radius 2 is 2.07 bits per heavy atom. The number of benzene rings is 2. The van der Waals surface area contributed by atoms with Gasteiger partial charge in [0.2, 0.25) is 11.8 Å². The molecule has 28 heavy (non-hydrogen) atoms. The highest BCUT2D eigenvalue weighted by Crippen LogP contribution is 2.27. The molecule has 1 unspecified atom stereocenters. The van der Waals surface area contributed by atoms with Gasteiger partial charge in [-0.1, -0.05) is 30.3 Å². The van der Waals surface area contributed by atoms with Gasteiger partial charge in [0.05, 0.1) is 0 Å². The number of para-hydroxylation sites is 1. The minimum Gasteiger partial charge on any atom is -0.326 e. The van der Waals surface area contributed by atoms with Crippen molar-refractivity contribution in [3.8, 4) is 11.4 Å². The molecule has 2 heterocycles. The molecule has 7 heteroatoms. The maximum atomic E-state index is 12.4. The first-order chi connectivity index (χ1) is 13.6. The zero-order valence-electron chi connectivity index (χ0n) is 15.5. The van der Waals surface area contributed by atoms with Crippen LogP contribution in [0, 0.1) is 12.8 Å². The molecule has 1 aliphatic rings. The first-order valence-corrected chi connectivity index (χ1v) is 9.26. The minimum absolute atomic E-state index is 0.0199. The number of H-pyrrole nitrogens is 1. The molecular weight excluding hydrogens is 354 g/mol. The van der Waals surface area contributed by atoms with Crippen molar-refractivity contribution in [3.63, 3.8) is 0 Å². The number of aryl methyl sites for hydroxylation is 1. The Labute approximate surface area is 162 Å². The van der Waals surface area contributed by atoms with E-state index in [4.69, 9.17) is 0 Å². The van der Waals surface area contributed by atoms with Crippen LogP contribution in [0.4, 0.5) is 11.4 Å². The fraction of sp³-hybridized carbons (Fsp3) is 0.238. The molecule has 2 amide bonds. The van der Waals surface area contributed by atoms with Crippen molar-refractivity contribution < 1.29 is 9.59 Å². The summed E-state index contributed by atoms with van der Waals surface area (Å²) in [6.07, 6.45) is 1.45. The van der Waals surface area contributed by atoms with Crippen LogP contribution < -0.4 is 10.6 Å². The Kier molecular flexibility index (Phi) is 4.89. The van der Waals surface area contributed by atoms with Crippen LogP contribution in [0.3, 0.4) is 0 Å². The van der Waals surface area contributed by atoms with Gasteiger partial charge in [-0.05, 0) is 43.5 Å². The Bertz CT molecular complexity index is 1030. The van der Waals surface area contributed by atoms with Gasteiger partial charge in [-0.25, -0.2) is 4.98 Å². The number of hydrogen-bond donors (Lipinski definition) is 3. The number of anilines is 2. The fourth-order valence-corrected chi connectivity index (χ4v) is 3.38. The highest BCUT2D eigenvalue weighted by atomic mass is 16.2. The summed E-state index contributed by atoms with van der Waals surface area (Å²) < 4.78 is 0. The number of hydrogen-bond acceptors (Lipinski definition) is 4. The maximum absolute atomic E-state index is 12.4. The molecule has 1 aliphatic heterocycles. The van der Waals surface area contributed by atoms with Crippen LogP contribution in [0.1, 0.15) is 24.2 Å². The van der Waals surface area contributed by atoms with Gasteiger partial charge in [-0.3, -0.25) is 14.7 Å². The van der Waals surface area contributed by atoms with Crippen LogP contribution in [0.5, 0.6) is 0 Å². The number of rotatable bonds is 5. The lowest BCUT2D eigenvalue weighted by Crippen LogP contribution is -2.30. The molecule has 3 aromatic rings. The lowest BCUT2D eigenvalue weighted by Gasteiger charge is -2.24. The first kappa shape index (κ1) is 17.9. The summed E-state index contributed by atoms with van der Waals surface area (Å²) in [5, 5.41) is 12.8. The largest absolute Gasteiger partial charge is 0.326 e. The molecule has 0 spiro atoms. The third-order valence-electron chi connectivity index (χ3n) is 4.83. The van der Waals surface area contributed by atoms with E-state index in [-0.39, 0.29) is 24.2 Å². The molecule has 142 valence electrons. The average molecular weight is 375 g/mol. The van der Waals surface area contributed by atoms with Crippen molar-refractivity contribution in [3.05, 3.63) is 59.9 Å². The van der Waals surface area contributed by atoms with Crippen molar-refractivity contribution in [2.75, 3.05) is 10.6 Å². The van der Waals surface area contributed by atoms with Crippen molar-refractivity contribution in [2.45, 2.75) is 26.2 Å². The molecule has 1 atom stereocenters. The summed E-state index contributed by atoms with van der Waals surface area (Å²) in [5.74, 6) is 0.995. The number of nitrogens with one attached hydrogen (secondary N) is 3. The van der Waals surface area contributed by atoms with Gasteiger partial charge >= 0.3 is 0 Å². The predicted molar refractivity (Wildman–Crippen MR) is 107 cm³/mol. The summed E-state index contributed by atoms with van der Waals surface area (Å²) in [7, 11) is 0. The SMILES string of the molecule is Cc1nc(-c2cccc(NC(=O)CCC3Cc4ccccc4NC3=O)c2)n[nH]1. The third-order valence-corrected chi connectivity index (χ3v) is 4.83. The van der Waals surface area contributed by atoms with Gasteiger partial charge in [-0.2, -0.15) is 5.10 Å². The van der Waals surface area contributed by atoms with Crippen LogP contribution in [-0.2, 0) is 16.0 Å². The highest BCUT2D eigenvalue weighted by Gasteiger charge is 2.26. The number of nitrogens with zero attached hydrogens (tertiary/aromatic N) is 2. The summed E-state index contributed by atoms with van der Waals surface area (Å²) in [6, 6.07) is 15.2. The quantitative estimate of drug-likeness (QED) is 0.637. The maximum Gasteiger partial charge on any atom is 0.227 e. The fourth-order valence-electron chi connectivity index (χ4n) is 3.38. The normalized spacial score (nSPS) is 15.6. The van der Waals surface area contributed by atoms with E-state index in [2.05, 4.69) is 25.8 Å². The van der Waals surface area contributed by atoms with Crippen LogP contribution >= 0.6 is 0 Å². The zero-order valence-corrected chi connectivity index (χ0v) is 15.5. The summed E-state index contributed by atoms with van der Waals surface area (Å²) in [5.41, 5.74) is 3.49. The van der Waals surface area contributed by atoms with E-state index in [9.17, 15) is 9.59 Å². The Morgan fingerprint density at radius 1 is 1.21 bits per heavy atom. The van der Waals surface area contributed by atoms with Crippen molar-refractivity contribution in [1.29, 1.82) is 0 Å². The van der Waals surface area contributed by atoms with Gasteiger partial charge in [0.25, 0.3) is 0 Å². The molecule has 0 bridgehead atoms. The van der Waals surface area contributed by atoms with Gasteiger partial charge in [0, 0.05) is 29.3 Å². The van der Waals surface area contributed by atoms with Crippen LogP contribution in [-0.4, -0.2) is 27.0 Å². The summed E-state index contributed by atoms with van der Waals surface area (Å²) in [4.78, 5) is 29.0. The van der Waals surface area contributed by atoms with Crippen molar-refractivity contribution in [1.82, 2.24) is 15.2 Å². The van der Waals surface area contributed by atoms with Gasteiger partial charge in [0.1, 0.15) is 5.82 Å². The Hall–Kier alpha value is -3.48. The highest BCUT2D eigenvalue weighted by molar-refractivity contribution is 5.96. The predicted octanol–water partition coefficient (Wildman–Crippen LogP) is 3.31. The number of carbonyl (C=O) groups excluding carboxylic acids is 2. The van der Waals surface area contributed by atoms with Crippen LogP contribution in [0.2, 0.25) is 0 Å². The minimum atomic E-state index is -0.191. The zero-order chi connectivity index (χ0) is 19.5.